The molecule has 2 amide bonds. The van der Waals surface area contributed by atoms with Gasteiger partial charge < -0.3 is 20.4 Å². The number of anilines is 2. The van der Waals surface area contributed by atoms with Crippen LogP contribution in [0.1, 0.15) is 25.8 Å². The van der Waals surface area contributed by atoms with Crippen LogP contribution in [0.15, 0.2) is 30.5 Å². The summed E-state index contributed by atoms with van der Waals surface area (Å²) in [6.45, 7) is 10.1. The van der Waals surface area contributed by atoms with E-state index in [4.69, 9.17) is 16.6 Å². The number of nitrogens with zero attached hydrogens (tertiary/aromatic N) is 5. The maximum absolute atomic E-state index is 12.6. The lowest BCUT2D eigenvalue weighted by Crippen LogP contribution is -2.44. The van der Waals surface area contributed by atoms with Crippen LogP contribution in [0, 0.1) is 0 Å². The molecule has 0 unspecified atom stereocenters. The van der Waals surface area contributed by atoms with Gasteiger partial charge in [0.1, 0.15) is 5.82 Å². The Balaban J connectivity index is 1.57. The van der Waals surface area contributed by atoms with Gasteiger partial charge in [-0.15, -0.1) is 0 Å². The summed E-state index contributed by atoms with van der Waals surface area (Å²) in [7, 11) is 2.17. The summed E-state index contributed by atoms with van der Waals surface area (Å²) in [5.74, 6) is 0.930. The molecule has 0 bridgehead atoms. The molecular formula is C26H34ClIN8O. The molecule has 4 rings (SSSR count). The summed E-state index contributed by atoms with van der Waals surface area (Å²) in [5, 5.41) is 10.5. The number of piperazine rings is 1. The molecule has 0 aliphatic carbocycles. The number of pyridine rings is 1. The van der Waals surface area contributed by atoms with Gasteiger partial charge in [-0.05, 0) is 51.6 Å². The molecular weight excluding hydrogens is 603 g/mol. The molecule has 1 aliphatic rings. The fourth-order valence-corrected chi connectivity index (χ4v) is 5.23. The monoisotopic (exact) mass is 636 g/mol. The SMILES string of the molecule is CC(C)NC(=O)Nc1nc2nc(NCCCN3CCN(C)CC3)ncc2cc1-c1c(Cl)cccc1CI. The fourth-order valence-electron chi connectivity index (χ4n) is 4.30. The number of benzene rings is 1. The van der Waals surface area contributed by atoms with Crippen LogP contribution in [-0.2, 0) is 4.43 Å². The van der Waals surface area contributed by atoms with E-state index in [2.05, 4.69) is 65.4 Å². The van der Waals surface area contributed by atoms with Crippen LogP contribution in [0.25, 0.3) is 22.2 Å². The van der Waals surface area contributed by atoms with Crippen molar-refractivity contribution in [2.45, 2.75) is 30.7 Å². The van der Waals surface area contributed by atoms with E-state index in [1.807, 2.05) is 38.1 Å². The lowest BCUT2D eigenvalue weighted by atomic mass is 10.00. The second-order valence-corrected chi connectivity index (χ2v) is 10.7. The Hall–Kier alpha value is -2.28. The minimum Gasteiger partial charge on any atom is -0.354 e. The van der Waals surface area contributed by atoms with Gasteiger partial charge in [-0.3, -0.25) is 5.32 Å². The Morgan fingerprint density at radius 1 is 1.19 bits per heavy atom. The van der Waals surface area contributed by atoms with E-state index in [1.165, 1.54) is 0 Å². The number of urea groups is 1. The van der Waals surface area contributed by atoms with Gasteiger partial charge in [0.2, 0.25) is 5.95 Å². The number of alkyl halides is 1. The van der Waals surface area contributed by atoms with Crippen LogP contribution in [0.3, 0.4) is 0 Å². The number of hydrogen-bond donors (Lipinski definition) is 3. The quantitative estimate of drug-likeness (QED) is 0.175. The molecule has 0 atom stereocenters. The molecule has 0 spiro atoms. The summed E-state index contributed by atoms with van der Waals surface area (Å²) in [6.07, 6.45) is 2.77. The third kappa shape index (κ3) is 7.40. The van der Waals surface area contributed by atoms with Crippen LogP contribution < -0.4 is 16.0 Å². The number of amides is 2. The molecule has 37 heavy (non-hydrogen) atoms. The van der Waals surface area contributed by atoms with Crippen LogP contribution in [0.4, 0.5) is 16.6 Å². The highest BCUT2D eigenvalue weighted by molar-refractivity contribution is 14.1. The standard InChI is InChI=1S/C26H34ClIN8O/c1-17(2)31-26(37)34-24-20(22-18(15-28)6-4-7-21(22)27)14-19-16-30-25(33-23(19)32-24)29-8-5-9-36-12-10-35(3)11-13-36/h4,6-7,14,16-17H,5,8-13,15H2,1-3H3,(H3,29,30,31,32,33,34,37). The van der Waals surface area contributed by atoms with E-state index >= 15 is 0 Å². The lowest BCUT2D eigenvalue weighted by Gasteiger charge is -2.32. The smallest absolute Gasteiger partial charge is 0.320 e. The van der Waals surface area contributed by atoms with Crippen LogP contribution >= 0.6 is 34.2 Å². The highest BCUT2D eigenvalue weighted by Gasteiger charge is 2.19. The van der Waals surface area contributed by atoms with Gasteiger partial charge in [-0.1, -0.05) is 46.3 Å². The number of nitrogens with one attached hydrogen (secondary N) is 3. The molecule has 3 heterocycles. The highest BCUT2D eigenvalue weighted by atomic mass is 127. The molecule has 198 valence electrons. The Labute approximate surface area is 236 Å². The summed E-state index contributed by atoms with van der Waals surface area (Å²) in [5.41, 5.74) is 3.14. The van der Waals surface area contributed by atoms with Gasteiger partial charge in [0.05, 0.1) is 0 Å². The summed E-state index contributed by atoms with van der Waals surface area (Å²) in [6, 6.07) is 7.40. The van der Waals surface area contributed by atoms with Crippen molar-refractivity contribution in [2.75, 3.05) is 56.9 Å². The number of hydrogen-bond acceptors (Lipinski definition) is 7. The minimum atomic E-state index is -0.331. The zero-order valence-corrected chi connectivity index (χ0v) is 24.4. The number of carbonyl (C=O) groups excluding carboxylic acids is 1. The van der Waals surface area contributed by atoms with Gasteiger partial charge in [0.15, 0.2) is 5.65 Å². The number of carbonyl (C=O) groups is 1. The largest absolute Gasteiger partial charge is 0.354 e. The molecule has 3 aromatic rings. The first-order valence-electron chi connectivity index (χ1n) is 12.6. The molecule has 3 N–H and O–H groups in total. The molecule has 9 nitrogen and oxygen atoms in total. The van der Waals surface area contributed by atoms with Crippen molar-refractivity contribution in [2.24, 2.45) is 0 Å². The first kappa shape index (κ1) is 27.7. The third-order valence-electron chi connectivity index (χ3n) is 6.26. The number of halogens is 2. The first-order valence-corrected chi connectivity index (χ1v) is 14.5. The second-order valence-electron chi connectivity index (χ2n) is 9.58. The van der Waals surface area contributed by atoms with Crippen molar-refractivity contribution in [1.29, 1.82) is 0 Å². The van der Waals surface area contributed by atoms with E-state index in [9.17, 15) is 4.79 Å². The van der Waals surface area contributed by atoms with Crippen molar-refractivity contribution in [1.82, 2.24) is 30.1 Å². The van der Waals surface area contributed by atoms with Crippen molar-refractivity contribution < 1.29 is 4.79 Å². The highest BCUT2D eigenvalue weighted by Crippen LogP contribution is 2.38. The van der Waals surface area contributed by atoms with E-state index in [-0.39, 0.29) is 12.1 Å². The van der Waals surface area contributed by atoms with E-state index in [0.717, 1.165) is 72.2 Å². The predicted octanol–water partition coefficient (Wildman–Crippen LogP) is 4.86. The van der Waals surface area contributed by atoms with Crippen molar-refractivity contribution in [3.63, 3.8) is 0 Å². The van der Waals surface area contributed by atoms with Crippen molar-refractivity contribution in [3.8, 4) is 11.1 Å². The Morgan fingerprint density at radius 2 is 1.97 bits per heavy atom. The topological polar surface area (TPSA) is 98.3 Å². The second kappa shape index (κ2) is 13.0. The van der Waals surface area contributed by atoms with Gasteiger partial charge in [0.25, 0.3) is 0 Å². The van der Waals surface area contributed by atoms with Crippen molar-refractivity contribution >= 4 is 63.0 Å². The van der Waals surface area contributed by atoms with E-state index in [1.54, 1.807) is 6.20 Å². The average molecular weight is 637 g/mol. The minimum absolute atomic E-state index is 0.0156. The molecule has 0 radical (unpaired) electrons. The van der Waals surface area contributed by atoms with E-state index < -0.39 is 0 Å². The summed E-state index contributed by atoms with van der Waals surface area (Å²) in [4.78, 5) is 31.4. The molecule has 2 aromatic heterocycles. The Kier molecular flexibility index (Phi) is 9.74. The zero-order chi connectivity index (χ0) is 26.4. The average Bonchev–Trinajstić information content (AvgIpc) is 2.86. The fraction of sp³-hybridized carbons (Fsp3) is 0.462. The van der Waals surface area contributed by atoms with Crippen LogP contribution in [0.2, 0.25) is 5.02 Å². The summed E-state index contributed by atoms with van der Waals surface area (Å²) >= 11 is 8.95. The number of fused-ring (bicyclic) bond motifs is 1. The Morgan fingerprint density at radius 3 is 2.70 bits per heavy atom. The normalized spacial score (nSPS) is 14.8. The molecule has 0 saturated carbocycles. The van der Waals surface area contributed by atoms with Gasteiger partial charge in [-0.25, -0.2) is 14.8 Å². The molecule has 11 heteroatoms. The maximum atomic E-state index is 12.6. The summed E-state index contributed by atoms with van der Waals surface area (Å²) < 4.78 is 0.761. The molecule has 1 aromatic carbocycles. The number of rotatable bonds is 9. The predicted molar refractivity (Wildman–Crippen MR) is 160 cm³/mol. The van der Waals surface area contributed by atoms with Crippen LogP contribution in [0.5, 0.6) is 0 Å². The van der Waals surface area contributed by atoms with E-state index in [0.29, 0.717) is 22.4 Å². The van der Waals surface area contributed by atoms with Gasteiger partial charge in [0, 0.05) is 70.9 Å². The molecule has 1 fully saturated rings. The first-order chi connectivity index (χ1) is 17.8. The van der Waals surface area contributed by atoms with Gasteiger partial charge >= 0.3 is 6.03 Å². The van der Waals surface area contributed by atoms with Gasteiger partial charge in [-0.2, -0.15) is 4.98 Å². The number of likely N-dealkylation sites (N-methyl/N-ethyl adjacent to an activating group) is 1. The third-order valence-corrected chi connectivity index (χ3v) is 7.40. The maximum Gasteiger partial charge on any atom is 0.320 e. The lowest BCUT2D eigenvalue weighted by molar-refractivity contribution is 0.154. The molecule has 1 aliphatic heterocycles. The Bertz CT molecular complexity index is 1230. The zero-order valence-electron chi connectivity index (χ0n) is 21.5. The van der Waals surface area contributed by atoms with Crippen LogP contribution in [-0.4, -0.2) is 83.1 Å². The van der Waals surface area contributed by atoms with Crippen molar-refractivity contribution in [3.05, 3.63) is 41.0 Å². The number of aromatic nitrogens is 3. The molecule has 1 saturated heterocycles.